The van der Waals surface area contributed by atoms with Crippen LogP contribution in [0.3, 0.4) is 0 Å². The zero-order chi connectivity index (χ0) is 16.4. The lowest BCUT2D eigenvalue weighted by Gasteiger charge is -2.10. The van der Waals surface area contributed by atoms with Gasteiger partial charge in [-0.3, -0.25) is 14.4 Å². The maximum Gasteiger partial charge on any atom is 0.313 e. The molecule has 22 heavy (non-hydrogen) atoms. The van der Waals surface area contributed by atoms with Gasteiger partial charge in [-0.1, -0.05) is 31.6 Å². The summed E-state index contributed by atoms with van der Waals surface area (Å²) in [5.74, 6) is -1.85. The van der Waals surface area contributed by atoms with Gasteiger partial charge in [0.15, 0.2) is 0 Å². The Morgan fingerprint density at radius 2 is 1.86 bits per heavy atom. The Kier molecular flexibility index (Phi) is 7.39. The van der Waals surface area contributed by atoms with E-state index < -0.39 is 11.8 Å². The Balaban J connectivity index is 2.72. The largest absolute Gasteiger partial charge is 0.349 e. The molecule has 0 aromatic heterocycles. The molecule has 1 aromatic carbocycles. The molecule has 0 aliphatic carbocycles. The molecule has 0 fully saturated rings. The highest BCUT2D eigenvalue weighted by molar-refractivity contribution is 6.40. The van der Waals surface area contributed by atoms with Crippen LogP contribution in [0.4, 0.5) is 5.69 Å². The molecule has 0 saturated heterocycles. The number of hydrogen-bond acceptors (Lipinski definition) is 3. The molecule has 0 bridgehead atoms. The molecule has 1 rings (SSSR count). The first-order chi connectivity index (χ1) is 10.6. The Morgan fingerprint density at radius 3 is 2.55 bits per heavy atom. The second kappa shape index (κ2) is 9.33. The van der Waals surface area contributed by atoms with Crippen LogP contribution in [-0.4, -0.2) is 30.8 Å². The van der Waals surface area contributed by atoms with E-state index in [-0.39, 0.29) is 5.91 Å². The summed E-state index contributed by atoms with van der Waals surface area (Å²) in [6, 6.07) is 6.50. The van der Waals surface area contributed by atoms with E-state index in [4.69, 9.17) is 0 Å². The average Bonchev–Trinajstić information content (AvgIpc) is 2.53. The van der Waals surface area contributed by atoms with Gasteiger partial charge in [-0.05, 0) is 18.6 Å². The molecule has 3 amide bonds. The number of rotatable bonds is 7. The number of amides is 3. The summed E-state index contributed by atoms with van der Waals surface area (Å²) in [6.45, 7) is 6.28. The van der Waals surface area contributed by atoms with Crippen LogP contribution in [0.5, 0.6) is 0 Å². The maximum atomic E-state index is 12.0. The summed E-state index contributed by atoms with van der Waals surface area (Å²) < 4.78 is 0. The van der Waals surface area contributed by atoms with Gasteiger partial charge in [0.05, 0.1) is 11.3 Å². The zero-order valence-electron chi connectivity index (χ0n) is 12.6. The standard InChI is InChI=1S/C16H21N3O3/c1-3-5-11-18-15(21)16(22)19-13-9-7-6-8-12(13)14(20)17-10-4-2/h4,6-9H,2-3,5,10-11H2,1H3,(H,17,20)(H,18,21)(H,19,22). The SMILES string of the molecule is C=CCNC(=O)c1ccccc1NC(=O)C(=O)NCCCC. The first-order valence-corrected chi connectivity index (χ1v) is 7.17. The van der Waals surface area contributed by atoms with Crippen molar-refractivity contribution in [3.8, 4) is 0 Å². The van der Waals surface area contributed by atoms with E-state index in [1.54, 1.807) is 30.3 Å². The van der Waals surface area contributed by atoms with Crippen LogP contribution in [-0.2, 0) is 9.59 Å². The van der Waals surface area contributed by atoms with Gasteiger partial charge >= 0.3 is 11.8 Å². The van der Waals surface area contributed by atoms with E-state index in [1.807, 2.05) is 6.92 Å². The van der Waals surface area contributed by atoms with Gasteiger partial charge < -0.3 is 16.0 Å². The minimum atomic E-state index is -0.792. The molecule has 0 atom stereocenters. The van der Waals surface area contributed by atoms with Crippen molar-refractivity contribution in [1.82, 2.24) is 10.6 Å². The first-order valence-electron chi connectivity index (χ1n) is 7.17. The van der Waals surface area contributed by atoms with Gasteiger partial charge in [0, 0.05) is 13.1 Å². The third-order valence-electron chi connectivity index (χ3n) is 2.85. The van der Waals surface area contributed by atoms with Crippen molar-refractivity contribution in [3.63, 3.8) is 0 Å². The lowest BCUT2D eigenvalue weighted by atomic mass is 10.1. The van der Waals surface area contributed by atoms with E-state index in [9.17, 15) is 14.4 Å². The smallest absolute Gasteiger partial charge is 0.313 e. The fraction of sp³-hybridized carbons (Fsp3) is 0.312. The number of benzene rings is 1. The molecule has 0 saturated carbocycles. The Hall–Kier alpha value is -2.63. The minimum absolute atomic E-state index is 0.291. The molecule has 1 aromatic rings. The predicted octanol–water partition coefficient (Wildman–Crippen LogP) is 1.46. The molecule has 3 N–H and O–H groups in total. The maximum absolute atomic E-state index is 12.0. The molecular weight excluding hydrogens is 282 g/mol. The number of carbonyl (C=O) groups is 3. The van der Waals surface area contributed by atoms with Crippen molar-refractivity contribution < 1.29 is 14.4 Å². The molecule has 6 nitrogen and oxygen atoms in total. The summed E-state index contributed by atoms with van der Waals surface area (Å²) >= 11 is 0. The lowest BCUT2D eigenvalue weighted by molar-refractivity contribution is -0.136. The molecule has 0 heterocycles. The molecule has 0 radical (unpaired) electrons. The molecule has 0 aliphatic heterocycles. The number of carbonyl (C=O) groups excluding carboxylic acids is 3. The van der Waals surface area contributed by atoms with Crippen molar-refractivity contribution in [3.05, 3.63) is 42.5 Å². The van der Waals surface area contributed by atoms with E-state index in [0.29, 0.717) is 24.3 Å². The van der Waals surface area contributed by atoms with E-state index in [0.717, 1.165) is 12.8 Å². The van der Waals surface area contributed by atoms with Crippen molar-refractivity contribution >= 4 is 23.4 Å². The van der Waals surface area contributed by atoms with Gasteiger partial charge in [0.2, 0.25) is 0 Å². The van der Waals surface area contributed by atoms with Crippen LogP contribution in [0.25, 0.3) is 0 Å². The normalized spacial score (nSPS) is 9.68. The number of unbranched alkanes of at least 4 members (excludes halogenated alkanes) is 1. The topological polar surface area (TPSA) is 87.3 Å². The molecule has 6 heteroatoms. The number of anilines is 1. The van der Waals surface area contributed by atoms with Crippen molar-refractivity contribution in [2.24, 2.45) is 0 Å². The van der Waals surface area contributed by atoms with Crippen molar-refractivity contribution in [2.45, 2.75) is 19.8 Å². The fourth-order valence-corrected chi connectivity index (χ4v) is 1.69. The monoisotopic (exact) mass is 303 g/mol. The minimum Gasteiger partial charge on any atom is -0.349 e. The summed E-state index contributed by atoms with van der Waals surface area (Å²) in [7, 11) is 0. The first kappa shape index (κ1) is 17.4. The number of hydrogen-bond donors (Lipinski definition) is 3. The van der Waals surface area contributed by atoms with Gasteiger partial charge in [0.1, 0.15) is 0 Å². The van der Waals surface area contributed by atoms with E-state index in [2.05, 4.69) is 22.5 Å². The quantitative estimate of drug-likeness (QED) is 0.405. The summed E-state index contributed by atoms with van der Waals surface area (Å²) in [6.07, 6.45) is 3.29. The second-order valence-corrected chi connectivity index (χ2v) is 4.61. The number of para-hydroxylation sites is 1. The molecular formula is C16H21N3O3. The van der Waals surface area contributed by atoms with E-state index in [1.165, 1.54) is 0 Å². The van der Waals surface area contributed by atoms with Crippen molar-refractivity contribution in [2.75, 3.05) is 18.4 Å². The van der Waals surface area contributed by atoms with Crippen LogP contribution < -0.4 is 16.0 Å². The van der Waals surface area contributed by atoms with Crippen LogP contribution in [0.2, 0.25) is 0 Å². The summed E-state index contributed by atoms with van der Waals surface area (Å²) in [5.41, 5.74) is 0.582. The Labute approximate surface area is 130 Å². The number of nitrogens with one attached hydrogen (secondary N) is 3. The predicted molar refractivity (Wildman–Crippen MR) is 85.5 cm³/mol. The van der Waals surface area contributed by atoms with Gasteiger partial charge in [0.25, 0.3) is 5.91 Å². The molecule has 0 spiro atoms. The highest BCUT2D eigenvalue weighted by atomic mass is 16.2. The van der Waals surface area contributed by atoms with E-state index >= 15 is 0 Å². The van der Waals surface area contributed by atoms with Crippen LogP contribution in [0.1, 0.15) is 30.1 Å². The summed E-state index contributed by atoms with van der Waals surface area (Å²) in [5, 5.41) is 7.60. The van der Waals surface area contributed by atoms with Crippen LogP contribution in [0.15, 0.2) is 36.9 Å². The average molecular weight is 303 g/mol. The third-order valence-corrected chi connectivity index (χ3v) is 2.85. The zero-order valence-corrected chi connectivity index (χ0v) is 12.6. The van der Waals surface area contributed by atoms with Crippen LogP contribution >= 0.6 is 0 Å². The Bertz CT molecular complexity index is 555. The highest BCUT2D eigenvalue weighted by Crippen LogP contribution is 2.14. The fourth-order valence-electron chi connectivity index (χ4n) is 1.69. The van der Waals surface area contributed by atoms with Crippen molar-refractivity contribution in [1.29, 1.82) is 0 Å². The third kappa shape index (κ3) is 5.40. The lowest BCUT2D eigenvalue weighted by Crippen LogP contribution is -2.36. The highest BCUT2D eigenvalue weighted by Gasteiger charge is 2.17. The molecule has 0 aliphatic rings. The molecule has 0 unspecified atom stereocenters. The molecule has 118 valence electrons. The van der Waals surface area contributed by atoms with Crippen LogP contribution in [0, 0.1) is 0 Å². The van der Waals surface area contributed by atoms with Gasteiger partial charge in [-0.15, -0.1) is 6.58 Å². The van der Waals surface area contributed by atoms with Gasteiger partial charge in [-0.25, -0.2) is 0 Å². The second-order valence-electron chi connectivity index (χ2n) is 4.61. The Morgan fingerprint density at radius 1 is 1.14 bits per heavy atom. The van der Waals surface area contributed by atoms with Gasteiger partial charge in [-0.2, -0.15) is 0 Å². The summed E-state index contributed by atoms with van der Waals surface area (Å²) in [4.78, 5) is 35.4.